The molecule has 1 aromatic heterocycles. The molecule has 22 heavy (non-hydrogen) atoms. The van der Waals surface area contributed by atoms with Crippen molar-refractivity contribution in [2.75, 3.05) is 12.0 Å². The van der Waals surface area contributed by atoms with E-state index < -0.39 is 5.82 Å². The summed E-state index contributed by atoms with van der Waals surface area (Å²) in [5, 5.41) is 4.01. The molecule has 1 aromatic carbocycles. The molecule has 0 atom stereocenters. The normalized spacial score (nSPS) is 11.1. The van der Waals surface area contributed by atoms with Crippen LogP contribution in [0.1, 0.15) is 12.5 Å². The van der Waals surface area contributed by atoms with Gasteiger partial charge in [0.15, 0.2) is 11.6 Å². The highest BCUT2D eigenvalue weighted by atomic mass is 19.1. The summed E-state index contributed by atoms with van der Waals surface area (Å²) in [6, 6.07) is 5.80. The zero-order valence-corrected chi connectivity index (χ0v) is 11.9. The highest BCUT2D eigenvalue weighted by molar-refractivity contribution is 5.98. The highest BCUT2D eigenvalue weighted by Gasteiger charge is 2.07. The average molecular weight is 304 g/mol. The molecule has 0 spiro atoms. The second-order valence-corrected chi connectivity index (χ2v) is 4.26. The van der Waals surface area contributed by atoms with Gasteiger partial charge in [-0.3, -0.25) is 5.43 Å². The molecule has 0 saturated heterocycles. The van der Waals surface area contributed by atoms with Gasteiger partial charge in [-0.05, 0) is 24.6 Å². The first kappa shape index (κ1) is 15.6. The number of anilines is 1. The fourth-order valence-corrected chi connectivity index (χ4v) is 1.52. The van der Waals surface area contributed by atoms with Gasteiger partial charge in [-0.15, -0.1) is 0 Å². The Labute approximate surface area is 126 Å². The molecule has 0 bridgehead atoms. The lowest BCUT2D eigenvalue weighted by Crippen LogP contribution is -2.05. The number of nitrogens with one attached hydrogen (secondary N) is 1. The Kier molecular flexibility index (Phi) is 5.13. The molecule has 1 heterocycles. The maximum Gasteiger partial charge on any atom is 0.318 e. The summed E-state index contributed by atoms with van der Waals surface area (Å²) in [7, 11) is 0. The number of hydrogen-bond donors (Lipinski definition) is 1. The Balaban J connectivity index is 2.13. The second-order valence-electron chi connectivity index (χ2n) is 4.26. The largest absolute Gasteiger partial charge is 0.459 e. The van der Waals surface area contributed by atoms with Gasteiger partial charge in [0.05, 0.1) is 11.9 Å². The van der Waals surface area contributed by atoms with Crippen LogP contribution in [0.5, 0.6) is 6.01 Å². The average Bonchev–Trinajstić information content (AvgIpc) is 2.53. The van der Waals surface area contributed by atoms with Gasteiger partial charge in [0, 0.05) is 0 Å². The Bertz CT molecular complexity index is 686. The number of rotatable bonds is 6. The van der Waals surface area contributed by atoms with E-state index in [1.165, 1.54) is 18.2 Å². The molecule has 0 amide bonds. The van der Waals surface area contributed by atoms with Gasteiger partial charge < -0.3 is 4.74 Å². The molecule has 0 fully saturated rings. The smallest absolute Gasteiger partial charge is 0.318 e. The SMILES string of the molecule is C=CCOc1ncc(F)c(N/N=C(\C)c2ccc(F)cc2)n1. The van der Waals surface area contributed by atoms with Crippen LogP contribution in [0.4, 0.5) is 14.6 Å². The van der Waals surface area contributed by atoms with Crippen molar-refractivity contribution >= 4 is 11.5 Å². The van der Waals surface area contributed by atoms with E-state index in [1.54, 1.807) is 19.1 Å². The maximum atomic E-state index is 13.6. The number of hydrogen-bond acceptors (Lipinski definition) is 5. The molecular formula is C15H14F2N4O. The number of benzene rings is 1. The number of halogens is 2. The van der Waals surface area contributed by atoms with Crippen molar-refractivity contribution in [3.05, 3.63) is 60.3 Å². The van der Waals surface area contributed by atoms with Crippen LogP contribution < -0.4 is 10.2 Å². The van der Waals surface area contributed by atoms with Crippen LogP contribution in [0, 0.1) is 11.6 Å². The van der Waals surface area contributed by atoms with Crippen LogP contribution in [0.3, 0.4) is 0 Å². The maximum absolute atomic E-state index is 13.6. The third-order valence-electron chi connectivity index (χ3n) is 2.64. The Morgan fingerprint density at radius 1 is 1.36 bits per heavy atom. The van der Waals surface area contributed by atoms with Crippen molar-refractivity contribution in [1.82, 2.24) is 9.97 Å². The first-order valence-corrected chi connectivity index (χ1v) is 6.42. The summed E-state index contributed by atoms with van der Waals surface area (Å²) in [5.41, 5.74) is 3.75. The molecule has 0 radical (unpaired) electrons. The van der Waals surface area contributed by atoms with Crippen molar-refractivity contribution in [1.29, 1.82) is 0 Å². The van der Waals surface area contributed by atoms with E-state index in [0.717, 1.165) is 6.20 Å². The zero-order chi connectivity index (χ0) is 15.9. The summed E-state index contributed by atoms with van der Waals surface area (Å²) in [6.07, 6.45) is 2.51. The fourth-order valence-electron chi connectivity index (χ4n) is 1.52. The monoisotopic (exact) mass is 304 g/mol. The fraction of sp³-hybridized carbons (Fsp3) is 0.133. The van der Waals surface area contributed by atoms with E-state index in [1.807, 2.05) is 0 Å². The van der Waals surface area contributed by atoms with E-state index in [0.29, 0.717) is 11.3 Å². The van der Waals surface area contributed by atoms with Crippen LogP contribution in [-0.4, -0.2) is 22.3 Å². The van der Waals surface area contributed by atoms with Crippen molar-refractivity contribution < 1.29 is 13.5 Å². The van der Waals surface area contributed by atoms with E-state index in [-0.39, 0.29) is 24.3 Å². The van der Waals surface area contributed by atoms with Gasteiger partial charge in [0.1, 0.15) is 12.4 Å². The lowest BCUT2D eigenvalue weighted by molar-refractivity contribution is 0.332. The molecule has 7 heteroatoms. The van der Waals surface area contributed by atoms with Gasteiger partial charge in [-0.2, -0.15) is 10.1 Å². The minimum Gasteiger partial charge on any atom is -0.459 e. The number of hydrazone groups is 1. The van der Waals surface area contributed by atoms with Crippen LogP contribution in [0.15, 0.2) is 48.2 Å². The third kappa shape index (κ3) is 4.08. The second kappa shape index (κ2) is 7.26. The van der Waals surface area contributed by atoms with Crippen LogP contribution >= 0.6 is 0 Å². The predicted octanol–water partition coefficient (Wildman–Crippen LogP) is 3.16. The van der Waals surface area contributed by atoms with Gasteiger partial charge in [-0.25, -0.2) is 13.8 Å². The molecule has 0 aliphatic heterocycles. The quantitative estimate of drug-likeness (QED) is 0.506. The van der Waals surface area contributed by atoms with Crippen molar-refractivity contribution in [2.45, 2.75) is 6.92 Å². The number of ether oxygens (including phenoxy) is 1. The van der Waals surface area contributed by atoms with E-state index in [2.05, 4.69) is 27.1 Å². The topological polar surface area (TPSA) is 59.4 Å². The summed E-state index contributed by atoms with van der Waals surface area (Å²) >= 11 is 0. The Hall–Kier alpha value is -2.83. The molecule has 1 N–H and O–H groups in total. The Morgan fingerprint density at radius 2 is 2.09 bits per heavy atom. The van der Waals surface area contributed by atoms with Gasteiger partial charge in [0.25, 0.3) is 0 Å². The molecule has 2 rings (SSSR count). The summed E-state index contributed by atoms with van der Waals surface area (Å²) in [6.45, 7) is 5.41. The summed E-state index contributed by atoms with van der Waals surface area (Å²) in [5.74, 6) is -1.12. The highest BCUT2D eigenvalue weighted by Crippen LogP contribution is 2.14. The molecule has 2 aromatic rings. The molecule has 0 aliphatic rings. The summed E-state index contributed by atoms with van der Waals surface area (Å²) < 4.78 is 31.6. The molecule has 0 unspecified atom stereocenters. The molecule has 0 aliphatic carbocycles. The van der Waals surface area contributed by atoms with Crippen LogP contribution in [-0.2, 0) is 0 Å². The lowest BCUT2D eigenvalue weighted by atomic mass is 10.1. The third-order valence-corrected chi connectivity index (χ3v) is 2.64. The van der Waals surface area contributed by atoms with Crippen LogP contribution in [0.25, 0.3) is 0 Å². The molecule has 0 saturated carbocycles. The first-order chi connectivity index (χ1) is 10.6. The lowest BCUT2D eigenvalue weighted by Gasteiger charge is -2.06. The van der Waals surface area contributed by atoms with Crippen LogP contribution in [0.2, 0.25) is 0 Å². The van der Waals surface area contributed by atoms with E-state index >= 15 is 0 Å². The minimum absolute atomic E-state index is 0.0124. The van der Waals surface area contributed by atoms with E-state index in [9.17, 15) is 8.78 Å². The molecular weight excluding hydrogens is 290 g/mol. The number of aromatic nitrogens is 2. The number of nitrogens with zero attached hydrogens (tertiary/aromatic N) is 3. The van der Waals surface area contributed by atoms with Crippen molar-refractivity contribution in [2.24, 2.45) is 5.10 Å². The Morgan fingerprint density at radius 3 is 2.77 bits per heavy atom. The summed E-state index contributed by atoms with van der Waals surface area (Å²) in [4.78, 5) is 7.54. The van der Waals surface area contributed by atoms with Gasteiger partial charge in [-0.1, -0.05) is 24.8 Å². The van der Waals surface area contributed by atoms with Gasteiger partial charge in [0.2, 0.25) is 0 Å². The molecule has 5 nitrogen and oxygen atoms in total. The standard InChI is InChI=1S/C15H14F2N4O/c1-3-8-22-15-18-9-13(17)14(19-15)21-20-10(2)11-4-6-12(16)7-5-11/h3-7,9H,1,8H2,2H3,(H,18,19,21)/b20-10+. The van der Waals surface area contributed by atoms with Crippen molar-refractivity contribution in [3.63, 3.8) is 0 Å². The van der Waals surface area contributed by atoms with Crippen molar-refractivity contribution in [3.8, 4) is 6.01 Å². The van der Waals surface area contributed by atoms with E-state index in [4.69, 9.17) is 4.74 Å². The predicted molar refractivity (Wildman–Crippen MR) is 79.9 cm³/mol. The minimum atomic E-state index is -0.665. The van der Waals surface area contributed by atoms with Gasteiger partial charge >= 0.3 is 6.01 Å². The molecule has 114 valence electrons. The first-order valence-electron chi connectivity index (χ1n) is 6.42. The zero-order valence-electron chi connectivity index (χ0n) is 11.9.